The summed E-state index contributed by atoms with van der Waals surface area (Å²) >= 11 is 1.61. The number of rotatable bonds is 4. The molecule has 0 aliphatic heterocycles. The molecule has 1 heterocycles. The predicted molar refractivity (Wildman–Crippen MR) is 96.4 cm³/mol. The van der Waals surface area contributed by atoms with E-state index >= 15 is 0 Å². The zero-order chi connectivity index (χ0) is 16.2. The van der Waals surface area contributed by atoms with Crippen molar-refractivity contribution in [2.75, 3.05) is 30.9 Å². The van der Waals surface area contributed by atoms with E-state index in [1.54, 1.807) is 22.8 Å². The maximum Gasteiger partial charge on any atom is 0.138 e. The Hall–Kier alpha value is -1.78. The molecule has 2 rings (SSSR count). The van der Waals surface area contributed by atoms with Crippen LogP contribution in [0, 0.1) is 11.3 Å². The largest absolute Gasteiger partial charge is 0.269 e. The molecule has 5 nitrogen and oxygen atoms in total. The molecular formula is C15H19N5S2. The molecule has 0 amide bonds. The molecule has 0 spiro atoms. The first-order valence-corrected chi connectivity index (χ1v) is 10.8. The van der Waals surface area contributed by atoms with E-state index in [1.165, 1.54) is 6.33 Å². The van der Waals surface area contributed by atoms with Gasteiger partial charge in [-0.1, -0.05) is 6.07 Å². The maximum atomic E-state index is 9.40. The summed E-state index contributed by atoms with van der Waals surface area (Å²) in [6.07, 6.45) is 11.8. The van der Waals surface area contributed by atoms with Crippen LogP contribution < -0.4 is 0 Å². The van der Waals surface area contributed by atoms with Crippen LogP contribution in [0.1, 0.15) is 11.1 Å². The summed E-state index contributed by atoms with van der Waals surface area (Å²) in [4.78, 5) is 8.65. The van der Waals surface area contributed by atoms with Gasteiger partial charge in [-0.25, -0.2) is 19.7 Å². The molecule has 1 aromatic carbocycles. The Bertz CT molecular complexity index is 709. The summed E-state index contributed by atoms with van der Waals surface area (Å²) in [5.74, 6) is 0.829. The molecule has 0 unspecified atom stereocenters. The number of aromatic nitrogens is 3. The van der Waals surface area contributed by atoms with E-state index in [2.05, 4.69) is 34.9 Å². The van der Waals surface area contributed by atoms with Crippen molar-refractivity contribution in [1.29, 1.82) is 5.26 Å². The first-order chi connectivity index (χ1) is 10.4. The van der Waals surface area contributed by atoms with Crippen LogP contribution in [-0.2, 0) is 0 Å². The molecule has 0 saturated heterocycles. The summed E-state index contributed by atoms with van der Waals surface area (Å²) in [5.41, 5.74) is 2.26. The molecule has 22 heavy (non-hydrogen) atoms. The molecule has 0 radical (unpaired) electrons. The minimum absolute atomic E-state index is 0.563. The number of hydrogen-bond acceptors (Lipinski definition) is 5. The van der Waals surface area contributed by atoms with E-state index in [4.69, 9.17) is 4.99 Å². The van der Waals surface area contributed by atoms with Gasteiger partial charge in [0.25, 0.3) is 0 Å². The molecule has 7 heteroatoms. The second kappa shape index (κ2) is 6.99. The minimum atomic E-state index is -0.685. The molecule has 1 aromatic heterocycles. The lowest BCUT2D eigenvalue weighted by Crippen LogP contribution is -2.04. The van der Waals surface area contributed by atoms with Crippen LogP contribution >= 0.6 is 21.8 Å². The molecule has 0 aliphatic carbocycles. The van der Waals surface area contributed by atoms with Crippen LogP contribution in [-0.4, -0.2) is 50.7 Å². The molecule has 116 valence electrons. The molecule has 0 atom stereocenters. The van der Waals surface area contributed by atoms with Gasteiger partial charge in [0.15, 0.2) is 0 Å². The van der Waals surface area contributed by atoms with E-state index < -0.39 is 10.0 Å². The SMILES string of the molecule is CS/C(=N\CS(C)(C)C)c1ccc(-n2cncn2)c(C#N)c1. The quantitative estimate of drug-likeness (QED) is 0.637. The van der Waals surface area contributed by atoms with Crippen LogP contribution in [0.5, 0.6) is 0 Å². The van der Waals surface area contributed by atoms with Crippen LogP contribution in [0.15, 0.2) is 35.8 Å². The monoisotopic (exact) mass is 333 g/mol. The van der Waals surface area contributed by atoms with Gasteiger partial charge in [-0.15, -0.1) is 11.8 Å². The summed E-state index contributed by atoms with van der Waals surface area (Å²) in [6, 6.07) is 7.96. The fraction of sp³-hybridized carbons (Fsp3) is 0.333. The maximum absolute atomic E-state index is 9.40. The van der Waals surface area contributed by atoms with Crippen molar-refractivity contribution >= 4 is 26.8 Å². The molecule has 2 aromatic rings. The normalized spacial score (nSPS) is 13.0. The van der Waals surface area contributed by atoms with Gasteiger partial charge in [0.2, 0.25) is 0 Å². The van der Waals surface area contributed by atoms with E-state index in [9.17, 15) is 5.26 Å². The molecule has 0 bridgehead atoms. The van der Waals surface area contributed by atoms with Gasteiger partial charge in [-0.2, -0.15) is 10.4 Å². The lowest BCUT2D eigenvalue weighted by atomic mass is 10.1. The van der Waals surface area contributed by atoms with Gasteiger partial charge < -0.3 is 0 Å². The second-order valence-electron chi connectivity index (χ2n) is 5.57. The van der Waals surface area contributed by atoms with Crippen molar-refractivity contribution in [2.24, 2.45) is 4.99 Å². The Labute approximate surface area is 136 Å². The van der Waals surface area contributed by atoms with Gasteiger partial charge in [0.1, 0.15) is 18.7 Å². The topological polar surface area (TPSA) is 66.9 Å². The van der Waals surface area contributed by atoms with E-state index in [-0.39, 0.29) is 0 Å². The van der Waals surface area contributed by atoms with E-state index in [0.717, 1.165) is 22.2 Å². The van der Waals surface area contributed by atoms with Crippen molar-refractivity contribution < 1.29 is 0 Å². The van der Waals surface area contributed by atoms with Gasteiger partial charge >= 0.3 is 0 Å². The highest BCUT2D eigenvalue weighted by molar-refractivity contribution is 8.32. The first-order valence-electron chi connectivity index (χ1n) is 6.58. The third-order valence-electron chi connectivity index (χ3n) is 2.82. The highest BCUT2D eigenvalue weighted by Crippen LogP contribution is 2.34. The highest BCUT2D eigenvalue weighted by atomic mass is 32.3. The van der Waals surface area contributed by atoms with Crippen molar-refractivity contribution in [3.63, 3.8) is 0 Å². The van der Waals surface area contributed by atoms with Crippen LogP contribution in [0.4, 0.5) is 0 Å². The fourth-order valence-corrected chi connectivity index (χ4v) is 2.97. The van der Waals surface area contributed by atoms with Gasteiger partial charge in [0.05, 0.1) is 22.2 Å². The third-order valence-corrected chi connectivity index (χ3v) is 4.47. The van der Waals surface area contributed by atoms with E-state index in [0.29, 0.717) is 5.56 Å². The summed E-state index contributed by atoms with van der Waals surface area (Å²) in [6.45, 7) is 0. The van der Waals surface area contributed by atoms with Crippen LogP contribution in [0.3, 0.4) is 0 Å². The van der Waals surface area contributed by atoms with Crippen molar-refractivity contribution in [3.8, 4) is 11.8 Å². The van der Waals surface area contributed by atoms with E-state index in [1.807, 2.05) is 24.5 Å². The summed E-state index contributed by atoms with van der Waals surface area (Å²) in [5, 5.41) is 14.4. The lowest BCUT2D eigenvalue weighted by molar-refractivity contribution is 0.876. The molecule has 0 aliphatic rings. The van der Waals surface area contributed by atoms with Crippen molar-refractivity contribution in [1.82, 2.24) is 14.8 Å². The molecule has 0 N–H and O–H groups in total. The predicted octanol–water partition coefficient (Wildman–Crippen LogP) is 2.90. The first kappa shape index (κ1) is 16.6. The fourth-order valence-electron chi connectivity index (χ4n) is 1.82. The van der Waals surface area contributed by atoms with Crippen LogP contribution in [0.25, 0.3) is 5.69 Å². The summed E-state index contributed by atoms with van der Waals surface area (Å²) < 4.78 is 1.59. The van der Waals surface area contributed by atoms with Crippen LogP contribution in [0.2, 0.25) is 0 Å². The summed E-state index contributed by atoms with van der Waals surface area (Å²) in [7, 11) is -0.685. The Balaban J connectivity index is 2.39. The van der Waals surface area contributed by atoms with Gasteiger partial charge in [0, 0.05) is 5.56 Å². The van der Waals surface area contributed by atoms with Gasteiger partial charge in [-0.05, 0) is 37.2 Å². The Morgan fingerprint density at radius 1 is 1.41 bits per heavy atom. The number of benzene rings is 1. The smallest absolute Gasteiger partial charge is 0.138 e. The second-order valence-corrected chi connectivity index (χ2v) is 10.8. The highest BCUT2D eigenvalue weighted by Gasteiger charge is 2.11. The number of nitrogens with zero attached hydrogens (tertiary/aromatic N) is 5. The Morgan fingerprint density at radius 3 is 2.73 bits per heavy atom. The Morgan fingerprint density at radius 2 is 2.18 bits per heavy atom. The van der Waals surface area contributed by atoms with Crippen molar-refractivity contribution in [2.45, 2.75) is 0 Å². The number of thioether (sulfide) groups is 1. The number of hydrogen-bond donors (Lipinski definition) is 0. The zero-order valence-corrected chi connectivity index (χ0v) is 14.8. The molecule has 0 fully saturated rings. The standard InChI is InChI=1S/C15H19N5S2/c1-21-15(18-11-22(2,3)4)12-5-6-14(13(7-12)8-16)20-10-17-9-19-20/h5-7,9-10H,11H2,1-4H3/b18-15-. The lowest BCUT2D eigenvalue weighted by Gasteiger charge is -2.22. The average Bonchev–Trinajstić information content (AvgIpc) is 3.00. The third kappa shape index (κ3) is 4.12. The minimum Gasteiger partial charge on any atom is -0.269 e. The average molecular weight is 333 g/mol. The van der Waals surface area contributed by atoms with Crippen molar-refractivity contribution in [3.05, 3.63) is 42.0 Å². The zero-order valence-electron chi connectivity index (χ0n) is 13.1. The van der Waals surface area contributed by atoms with Gasteiger partial charge in [-0.3, -0.25) is 4.99 Å². The number of aliphatic imine (C=N–C) groups is 1. The molecule has 0 saturated carbocycles. The Kier molecular flexibility index (Phi) is 5.27. The number of nitriles is 1. The molecular weight excluding hydrogens is 314 g/mol.